The van der Waals surface area contributed by atoms with Gasteiger partial charge in [-0.3, -0.25) is 4.90 Å². The number of aliphatic hydroxyl groups is 1. The zero-order chi connectivity index (χ0) is 23.0. The second kappa shape index (κ2) is 11.3. The summed E-state index contributed by atoms with van der Waals surface area (Å²) >= 11 is 0. The fraction of sp³-hybridized carbons (Fsp3) is 0.379. The standard InChI is InChI=1S/C29H38N2O/c1-5-6-14-28(32)23-30(20-24-11-8-7-9-12-24)22-27-13-10-19-31(27)21-25-15-17-26(18-16-25)29(2,3)4/h5,7-13,15-19,28,32H,1,6,14,20-23H2,2-4H3/t28-/m0/s1. The second-order valence-corrected chi connectivity index (χ2v) is 9.75. The quantitative estimate of drug-likeness (QED) is 0.369. The molecular formula is C29H38N2O. The van der Waals surface area contributed by atoms with Crippen LogP contribution in [0.25, 0.3) is 0 Å². The Bertz CT molecular complexity index is 951. The molecule has 1 N–H and O–H groups in total. The lowest BCUT2D eigenvalue weighted by molar-refractivity contribution is 0.0971. The van der Waals surface area contributed by atoms with Gasteiger partial charge in [0, 0.05) is 38.1 Å². The minimum Gasteiger partial charge on any atom is -0.392 e. The monoisotopic (exact) mass is 430 g/mol. The molecule has 32 heavy (non-hydrogen) atoms. The first-order chi connectivity index (χ1) is 15.3. The first-order valence-corrected chi connectivity index (χ1v) is 11.6. The minimum atomic E-state index is -0.356. The second-order valence-electron chi connectivity index (χ2n) is 9.75. The first-order valence-electron chi connectivity index (χ1n) is 11.6. The van der Waals surface area contributed by atoms with Crippen molar-refractivity contribution in [1.82, 2.24) is 9.47 Å². The Balaban J connectivity index is 1.72. The summed E-state index contributed by atoms with van der Waals surface area (Å²) in [7, 11) is 0. The van der Waals surface area contributed by atoms with Crippen molar-refractivity contribution in [1.29, 1.82) is 0 Å². The Hall–Kier alpha value is -2.62. The van der Waals surface area contributed by atoms with Crippen molar-refractivity contribution in [2.24, 2.45) is 0 Å². The number of rotatable bonds is 11. The van der Waals surface area contributed by atoms with Crippen molar-refractivity contribution in [3.63, 3.8) is 0 Å². The van der Waals surface area contributed by atoms with E-state index in [2.05, 4.69) is 104 Å². The summed E-state index contributed by atoms with van der Waals surface area (Å²) in [6, 6.07) is 23.8. The van der Waals surface area contributed by atoms with Crippen molar-refractivity contribution in [3.8, 4) is 0 Å². The van der Waals surface area contributed by atoms with E-state index >= 15 is 0 Å². The molecule has 0 fully saturated rings. The van der Waals surface area contributed by atoms with Crippen LogP contribution in [0.4, 0.5) is 0 Å². The molecule has 0 spiro atoms. The van der Waals surface area contributed by atoms with Gasteiger partial charge < -0.3 is 9.67 Å². The molecule has 3 rings (SSSR count). The van der Waals surface area contributed by atoms with Crippen molar-refractivity contribution in [2.75, 3.05) is 6.54 Å². The molecule has 1 heterocycles. The van der Waals surface area contributed by atoms with Crippen LogP contribution in [0, 0.1) is 0 Å². The SMILES string of the molecule is C=CCC[C@H](O)CN(Cc1ccccc1)Cc1cccn1Cc1ccc(C(C)(C)C)cc1. The van der Waals surface area contributed by atoms with Crippen molar-refractivity contribution in [3.05, 3.63) is 108 Å². The van der Waals surface area contributed by atoms with Gasteiger partial charge >= 0.3 is 0 Å². The topological polar surface area (TPSA) is 28.4 Å². The van der Waals surface area contributed by atoms with E-state index in [1.165, 1.54) is 22.4 Å². The molecule has 1 atom stereocenters. The van der Waals surface area contributed by atoms with E-state index in [0.29, 0.717) is 6.54 Å². The lowest BCUT2D eigenvalue weighted by atomic mass is 9.87. The average Bonchev–Trinajstić information content (AvgIpc) is 3.19. The minimum absolute atomic E-state index is 0.168. The highest BCUT2D eigenvalue weighted by Crippen LogP contribution is 2.23. The fourth-order valence-corrected chi connectivity index (χ4v) is 4.01. The van der Waals surface area contributed by atoms with Gasteiger partial charge in [-0.2, -0.15) is 0 Å². The van der Waals surface area contributed by atoms with Gasteiger partial charge in [0.2, 0.25) is 0 Å². The molecule has 3 heteroatoms. The van der Waals surface area contributed by atoms with Crippen LogP contribution in [0.2, 0.25) is 0 Å². The molecule has 2 aromatic carbocycles. The molecule has 170 valence electrons. The molecule has 0 bridgehead atoms. The average molecular weight is 431 g/mol. The highest BCUT2D eigenvalue weighted by molar-refractivity contribution is 5.28. The summed E-state index contributed by atoms with van der Waals surface area (Å²) in [5.41, 5.74) is 5.35. The third-order valence-corrected chi connectivity index (χ3v) is 5.90. The lowest BCUT2D eigenvalue weighted by Crippen LogP contribution is -2.32. The maximum atomic E-state index is 10.6. The summed E-state index contributed by atoms with van der Waals surface area (Å²) in [4.78, 5) is 2.34. The van der Waals surface area contributed by atoms with E-state index in [0.717, 1.165) is 32.5 Å². The van der Waals surface area contributed by atoms with Gasteiger partial charge in [-0.15, -0.1) is 6.58 Å². The van der Waals surface area contributed by atoms with E-state index in [1.54, 1.807) is 0 Å². The predicted molar refractivity (Wildman–Crippen MR) is 135 cm³/mol. The molecule has 3 aromatic rings. The van der Waals surface area contributed by atoms with E-state index in [1.807, 2.05) is 12.1 Å². The number of hydrogen-bond acceptors (Lipinski definition) is 2. The lowest BCUT2D eigenvalue weighted by Gasteiger charge is -2.26. The van der Waals surface area contributed by atoms with E-state index < -0.39 is 0 Å². The van der Waals surface area contributed by atoms with Crippen LogP contribution >= 0.6 is 0 Å². The Morgan fingerprint density at radius 2 is 1.66 bits per heavy atom. The summed E-state index contributed by atoms with van der Waals surface area (Å²) in [6.07, 6.45) is 5.25. The molecule has 1 aromatic heterocycles. The van der Waals surface area contributed by atoms with Crippen molar-refractivity contribution in [2.45, 2.75) is 64.8 Å². The Morgan fingerprint density at radius 1 is 0.938 bits per heavy atom. The van der Waals surface area contributed by atoms with Crippen LogP contribution in [-0.4, -0.2) is 27.2 Å². The predicted octanol–water partition coefficient (Wildman–Crippen LogP) is 6.16. The number of aromatic nitrogens is 1. The van der Waals surface area contributed by atoms with Gasteiger partial charge in [0.05, 0.1) is 6.10 Å². The van der Waals surface area contributed by atoms with Crippen LogP contribution in [0.3, 0.4) is 0 Å². The number of aliphatic hydroxyl groups excluding tert-OH is 1. The zero-order valence-electron chi connectivity index (χ0n) is 19.9. The maximum Gasteiger partial charge on any atom is 0.0670 e. The molecule has 0 unspecified atom stereocenters. The molecule has 0 aliphatic carbocycles. The molecule has 0 amide bonds. The summed E-state index contributed by atoms with van der Waals surface area (Å²) in [5.74, 6) is 0. The van der Waals surface area contributed by atoms with E-state index in [4.69, 9.17) is 0 Å². The fourth-order valence-electron chi connectivity index (χ4n) is 4.01. The molecule has 0 radical (unpaired) electrons. The highest BCUT2D eigenvalue weighted by Gasteiger charge is 2.16. The van der Waals surface area contributed by atoms with Crippen LogP contribution in [0.15, 0.2) is 85.6 Å². The Labute approximate surface area is 194 Å². The number of allylic oxidation sites excluding steroid dienone is 1. The van der Waals surface area contributed by atoms with E-state index in [9.17, 15) is 5.11 Å². The number of hydrogen-bond donors (Lipinski definition) is 1. The van der Waals surface area contributed by atoms with Crippen LogP contribution in [-0.2, 0) is 25.0 Å². The normalized spacial score (nSPS) is 12.8. The van der Waals surface area contributed by atoms with Gasteiger partial charge in [0.15, 0.2) is 0 Å². The Kier molecular flexibility index (Phi) is 8.49. The first kappa shape index (κ1) is 24.0. The van der Waals surface area contributed by atoms with Crippen molar-refractivity contribution >= 4 is 0 Å². The van der Waals surface area contributed by atoms with Crippen LogP contribution < -0.4 is 0 Å². The van der Waals surface area contributed by atoms with Gasteiger partial charge in [0.1, 0.15) is 0 Å². The summed E-state index contributed by atoms with van der Waals surface area (Å²) < 4.78 is 2.32. The number of benzene rings is 2. The van der Waals surface area contributed by atoms with Gasteiger partial charge in [-0.25, -0.2) is 0 Å². The molecule has 0 aliphatic rings. The summed E-state index contributed by atoms with van der Waals surface area (Å²) in [6.45, 7) is 13.6. The van der Waals surface area contributed by atoms with Gasteiger partial charge in [0.25, 0.3) is 0 Å². The van der Waals surface area contributed by atoms with E-state index in [-0.39, 0.29) is 11.5 Å². The molecule has 0 aliphatic heterocycles. The third kappa shape index (κ3) is 7.22. The van der Waals surface area contributed by atoms with Gasteiger partial charge in [-0.05, 0) is 47.1 Å². The van der Waals surface area contributed by atoms with Crippen LogP contribution in [0.1, 0.15) is 56.0 Å². The van der Waals surface area contributed by atoms with Gasteiger partial charge in [-0.1, -0.05) is 81.4 Å². The smallest absolute Gasteiger partial charge is 0.0670 e. The van der Waals surface area contributed by atoms with Crippen LogP contribution in [0.5, 0.6) is 0 Å². The highest BCUT2D eigenvalue weighted by atomic mass is 16.3. The third-order valence-electron chi connectivity index (χ3n) is 5.90. The molecule has 0 saturated heterocycles. The molecular weight excluding hydrogens is 392 g/mol. The van der Waals surface area contributed by atoms with Crippen molar-refractivity contribution < 1.29 is 5.11 Å². The zero-order valence-corrected chi connectivity index (χ0v) is 19.9. The summed E-state index contributed by atoms with van der Waals surface area (Å²) in [5, 5.41) is 10.6. The Morgan fingerprint density at radius 3 is 2.31 bits per heavy atom. The molecule has 3 nitrogen and oxygen atoms in total. The maximum absolute atomic E-state index is 10.6. The number of nitrogens with zero attached hydrogens (tertiary/aromatic N) is 2. The molecule has 0 saturated carbocycles. The largest absolute Gasteiger partial charge is 0.392 e.